The van der Waals surface area contributed by atoms with Crippen molar-refractivity contribution in [2.75, 3.05) is 5.32 Å². The molecule has 0 fully saturated rings. The van der Waals surface area contributed by atoms with Crippen LogP contribution in [0.4, 0.5) is 5.69 Å². The zero-order valence-electron chi connectivity index (χ0n) is 11.2. The predicted molar refractivity (Wildman–Crippen MR) is 82.7 cm³/mol. The third-order valence-electron chi connectivity index (χ3n) is 3.03. The van der Waals surface area contributed by atoms with Crippen LogP contribution in [0.5, 0.6) is 0 Å². The third-order valence-corrected chi connectivity index (χ3v) is 3.74. The first-order chi connectivity index (χ1) is 9.54. The van der Waals surface area contributed by atoms with Gasteiger partial charge in [0.05, 0.1) is 17.9 Å². The van der Waals surface area contributed by atoms with E-state index in [0.717, 1.165) is 5.56 Å². The minimum atomic E-state index is -0.300. The van der Waals surface area contributed by atoms with Crippen molar-refractivity contribution in [1.29, 1.82) is 0 Å². The maximum Gasteiger partial charge on any atom is 0.287 e. The lowest BCUT2D eigenvalue weighted by atomic mass is 10.1. The van der Waals surface area contributed by atoms with Crippen LogP contribution in [0.25, 0.3) is 0 Å². The summed E-state index contributed by atoms with van der Waals surface area (Å²) >= 11 is 12.2. The molecule has 0 radical (unpaired) electrons. The van der Waals surface area contributed by atoms with Crippen molar-refractivity contribution in [1.82, 2.24) is 9.78 Å². The Morgan fingerprint density at radius 3 is 2.70 bits per heavy atom. The average molecular weight is 312 g/mol. The number of rotatable bonds is 4. The zero-order valence-corrected chi connectivity index (χ0v) is 12.7. The fourth-order valence-electron chi connectivity index (χ4n) is 1.93. The van der Waals surface area contributed by atoms with E-state index in [1.165, 1.54) is 4.68 Å². The van der Waals surface area contributed by atoms with E-state index < -0.39 is 0 Å². The van der Waals surface area contributed by atoms with Crippen LogP contribution >= 0.6 is 23.2 Å². The summed E-state index contributed by atoms with van der Waals surface area (Å²) in [5, 5.41) is 8.02. The van der Waals surface area contributed by atoms with Gasteiger partial charge in [-0.3, -0.25) is 4.79 Å². The van der Waals surface area contributed by atoms with E-state index in [9.17, 15) is 4.79 Å². The SMILES string of the molecule is CCn1ncc(NC(C)c2ccccc2Cl)c(Cl)c1=O. The van der Waals surface area contributed by atoms with Gasteiger partial charge >= 0.3 is 0 Å². The van der Waals surface area contributed by atoms with E-state index in [0.29, 0.717) is 17.3 Å². The second-order valence-electron chi connectivity index (χ2n) is 4.38. The van der Waals surface area contributed by atoms with Crippen LogP contribution in [0.1, 0.15) is 25.5 Å². The molecule has 0 bridgehead atoms. The maximum absolute atomic E-state index is 11.9. The van der Waals surface area contributed by atoms with Gasteiger partial charge in [0.15, 0.2) is 0 Å². The molecule has 4 nitrogen and oxygen atoms in total. The average Bonchev–Trinajstić information content (AvgIpc) is 2.44. The number of anilines is 1. The standard InChI is InChI=1S/C14H15Cl2N3O/c1-3-19-14(20)13(16)12(8-17-19)18-9(2)10-6-4-5-7-11(10)15/h4-9,18H,3H2,1-2H3. The van der Waals surface area contributed by atoms with Crippen molar-refractivity contribution in [3.63, 3.8) is 0 Å². The van der Waals surface area contributed by atoms with Gasteiger partial charge in [-0.15, -0.1) is 0 Å². The molecule has 0 aliphatic carbocycles. The molecule has 1 heterocycles. The minimum Gasteiger partial charge on any atom is -0.376 e. The Morgan fingerprint density at radius 2 is 2.05 bits per heavy atom. The van der Waals surface area contributed by atoms with Crippen LogP contribution < -0.4 is 10.9 Å². The van der Waals surface area contributed by atoms with Crippen molar-refractivity contribution in [3.8, 4) is 0 Å². The summed E-state index contributed by atoms with van der Waals surface area (Å²) in [6.07, 6.45) is 1.56. The largest absolute Gasteiger partial charge is 0.376 e. The van der Waals surface area contributed by atoms with Crippen LogP contribution in [0.2, 0.25) is 10.0 Å². The highest BCUT2D eigenvalue weighted by molar-refractivity contribution is 6.33. The quantitative estimate of drug-likeness (QED) is 0.935. The molecule has 0 spiro atoms. The molecule has 0 amide bonds. The molecule has 0 aliphatic rings. The van der Waals surface area contributed by atoms with Gasteiger partial charge in [0.1, 0.15) is 5.02 Å². The number of nitrogens with one attached hydrogen (secondary N) is 1. The number of aromatic nitrogens is 2. The van der Waals surface area contributed by atoms with Crippen molar-refractivity contribution >= 4 is 28.9 Å². The Hall–Kier alpha value is -1.52. The number of hydrogen-bond acceptors (Lipinski definition) is 3. The number of halogens is 2. The number of aryl methyl sites for hydroxylation is 1. The van der Waals surface area contributed by atoms with Gasteiger partial charge in [0.25, 0.3) is 5.56 Å². The predicted octanol–water partition coefficient (Wildman–Crippen LogP) is 3.74. The van der Waals surface area contributed by atoms with Crippen LogP contribution in [0.3, 0.4) is 0 Å². The van der Waals surface area contributed by atoms with Crippen molar-refractivity contribution < 1.29 is 0 Å². The monoisotopic (exact) mass is 311 g/mol. The molecule has 1 unspecified atom stereocenters. The zero-order chi connectivity index (χ0) is 14.7. The molecule has 0 aliphatic heterocycles. The molecule has 2 aromatic rings. The van der Waals surface area contributed by atoms with E-state index in [1.807, 2.05) is 38.1 Å². The summed E-state index contributed by atoms with van der Waals surface area (Å²) in [4.78, 5) is 11.9. The summed E-state index contributed by atoms with van der Waals surface area (Å²) in [6.45, 7) is 4.27. The molecule has 1 aromatic heterocycles. The molecule has 20 heavy (non-hydrogen) atoms. The molecular formula is C14H15Cl2N3O. The molecule has 106 valence electrons. The molecule has 0 saturated heterocycles. The molecular weight excluding hydrogens is 297 g/mol. The molecule has 1 aromatic carbocycles. The summed E-state index contributed by atoms with van der Waals surface area (Å²) < 4.78 is 1.31. The Bertz CT molecular complexity index is 670. The number of benzene rings is 1. The summed E-state index contributed by atoms with van der Waals surface area (Å²) in [7, 11) is 0. The van der Waals surface area contributed by atoms with Crippen molar-refractivity contribution in [3.05, 3.63) is 56.4 Å². The van der Waals surface area contributed by atoms with Gasteiger partial charge in [-0.25, -0.2) is 4.68 Å². The summed E-state index contributed by atoms with van der Waals surface area (Å²) in [6, 6.07) is 7.45. The van der Waals surface area contributed by atoms with Gasteiger partial charge in [0.2, 0.25) is 0 Å². The van der Waals surface area contributed by atoms with Gasteiger partial charge in [-0.1, -0.05) is 41.4 Å². The fraction of sp³-hybridized carbons (Fsp3) is 0.286. The van der Waals surface area contributed by atoms with E-state index in [-0.39, 0.29) is 16.6 Å². The molecule has 6 heteroatoms. The molecule has 1 atom stereocenters. The Balaban J connectivity index is 2.29. The Morgan fingerprint density at radius 1 is 1.35 bits per heavy atom. The summed E-state index contributed by atoms with van der Waals surface area (Å²) in [5.74, 6) is 0. The van der Waals surface area contributed by atoms with E-state index in [1.54, 1.807) is 6.20 Å². The van der Waals surface area contributed by atoms with Crippen LogP contribution in [-0.2, 0) is 6.54 Å². The molecule has 0 saturated carbocycles. The highest BCUT2D eigenvalue weighted by atomic mass is 35.5. The maximum atomic E-state index is 11.9. The lowest BCUT2D eigenvalue weighted by molar-refractivity contribution is 0.615. The second-order valence-corrected chi connectivity index (χ2v) is 5.17. The Kier molecular flexibility index (Phi) is 4.68. The first kappa shape index (κ1) is 14.9. The van der Waals surface area contributed by atoms with Crippen LogP contribution in [0.15, 0.2) is 35.3 Å². The first-order valence-corrected chi connectivity index (χ1v) is 7.06. The number of hydrogen-bond donors (Lipinski definition) is 1. The van der Waals surface area contributed by atoms with Crippen LogP contribution in [0, 0.1) is 0 Å². The number of nitrogens with zero attached hydrogens (tertiary/aromatic N) is 2. The van der Waals surface area contributed by atoms with Crippen molar-refractivity contribution in [2.45, 2.75) is 26.4 Å². The van der Waals surface area contributed by atoms with E-state index >= 15 is 0 Å². The lowest BCUT2D eigenvalue weighted by Crippen LogP contribution is -2.23. The third kappa shape index (κ3) is 2.97. The minimum absolute atomic E-state index is 0.0834. The Labute approximate surface area is 127 Å². The van der Waals surface area contributed by atoms with Gasteiger partial charge in [-0.2, -0.15) is 5.10 Å². The topological polar surface area (TPSA) is 46.9 Å². The van der Waals surface area contributed by atoms with Gasteiger partial charge in [0, 0.05) is 11.6 Å². The van der Waals surface area contributed by atoms with E-state index in [4.69, 9.17) is 23.2 Å². The lowest BCUT2D eigenvalue weighted by Gasteiger charge is -2.17. The van der Waals surface area contributed by atoms with Crippen molar-refractivity contribution in [2.24, 2.45) is 0 Å². The highest BCUT2D eigenvalue weighted by Gasteiger charge is 2.13. The fourth-order valence-corrected chi connectivity index (χ4v) is 2.43. The highest BCUT2D eigenvalue weighted by Crippen LogP contribution is 2.27. The van der Waals surface area contributed by atoms with E-state index in [2.05, 4.69) is 10.4 Å². The smallest absolute Gasteiger partial charge is 0.287 e. The van der Waals surface area contributed by atoms with Gasteiger partial charge in [-0.05, 0) is 25.5 Å². The second kappa shape index (κ2) is 6.29. The normalized spacial score (nSPS) is 12.2. The molecule has 1 N–H and O–H groups in total. The van der Waals surface area contributed by atoms with Gasteiger partial charge < -0.3 is 5.32 Å². The van der Waals surface area contributed by atoms with Crippen LogP contribution in [-0.4, -0.2) is 9.78 Å². The summed E-state index contributed by atoms with van der Waals surface area (Å²) in [5.41, 5.74) is 1.14. The first-order valence-electron chi connectivity index (χ1n) is 6.31. The molecule has 2 rings (SSSR count).